The van der Waals surface area contributed by atoms with E-state index >= 15 is 0 Å². The van der Waals surface area contributed by atoms with E-state index in [9.17, 15) is 14.9 Å². The third-order valence-corrected chi connectivity index (χ3v) is 3.43. The summed E-state index contributed by atoms with van der Waals surface area (Å²) >= 11 is 0. The molecule has 0 unspecified atom stereocenters. The topological polar surface area (TPSA) is 81.5 Å². The quantitative estimate of drug-likeness (QED) is 0.525. The van der Waals surface area contributed by atoms with Crippen molar-refractivity contribution in [2.75, 3.05) is 12.4 Å². The van der Waals surface area contributed by atoms with Crippen LogP contribution in [-0.2, 0) is 4.79 Å². The predicted molar refractivity (Wildman–Crippen MR) is 95.5 cm³/mol. The Morgan fingerprint density at radius 1 is 1.16 bits per heavy atom. The van der Waals surface area contributed by atoms with Crippen molar-refractivity contribution < 1.29 is 14.5 Å². The molecule has 0 spiro atoms. The van der Waals surface area contributed by atoms with Crippen LogP contribution in [0.25, 0.3) is 0 Å². The second kappa shape index (κ2) is 7.97. The van der Waals surface area contributed by atoms with E-state index in [4.69, 9.17) is 4.74 Å². The van der Waals surface area contributed by atoms with Crippen molar-refractivity contribution in [3.63, 3.8) is 0 Å². The van der Waals surface area contributed by atoms with Gasteiger partial charge in [0.05, 0.1) is 17.7 Å². The van der Waals surface area contributed by atoms with E-state index in [1.54, 1.807) is 33.1 Å². The number of nitrogens with zero attached hydrogens (tertiary/aromatic N) is 1. The summed E-state index contributed by atoms with van der Waals surface area (Å²) in [5, 5.41) is 13.7. The standard InChI is InChI=1S/C19H18N2O4/c1-13(2)19(22)20-18-12-16(21(23)24)9-8-15(18)7-4-14-5-10-17(25-3)11-6-14/h5-6,8-13H,1-3H3,(H,20,22). The Kier molecular flexibility index (Phi) is 5.75. The number of hydrogen-bond acceptors (Lipinski definition) is 4. The van der Waals surface area contributed by atoms with Gasteiger partial charge in [-0.2, -0.15) is 0 Å². The molecule has 0 saturated carbocycles. The second-order valence-electron chi connectivity index (χ2n) is 5.61. The Labute approximate surface area is 146 Å². The highest BCUT2D eigenvalue weighted by atomic mass is 16.6. The summed E-state index contributed by atoms with van der Waals surface area (Å²) in [6.07, 6.45) is 0. The molecule has 2 aromatic rings. The molecule has 6 heteroatoms. The van der Waals surface area contributed by atoms with E-state index in [1.807, 2.05) is 12.1 Å². The van der Waals surface area contributed by atoms with Crippen LogP contribution in [0.15, 0.2) is 42.5 Å². The number of amides is 1. The molecule has 2 aromatic carbocycles. The number of carbonyl (C=O) groups excluding carboxylic acids is 1. The van der Waals surface area contributed by atoms with Gasteiger partial charge in [0.25, 0.3) is 5.69 Å². The molecule has 0 fully saturated rings. The predicted octanol–water partition coefficient (Wildman–Crippen LogP) is 3.60. The molecule has 0 radical (unpaired) electrons. The summed E-state index contributed by atoms with van der Waals surface area (Å²) in [5.41, 5.74) is 1.50. The Bertz CT molecular complexity index is 846. The molecule has 0 aromatic heterocycles. The van der Waals surface area contributed by atoms with Gasteiger partial charge in [-0.3, -0.25) is 14.9 Å². The number of nitro groups is 1. The molecule has 0 bridgehead atoms. The van der Waals surface area contributed by atoms with Gasteiger partial charge in [0.15, 0.2) is 0 Å². The molecule has 1 N–H and O–H groups in total. The fourth-order valence-electron chi connectivity index (χ4n) is 1.95. The van der Waals surface area contributed by atoms with Crippen LogP contribution in [-0.4, -0.2) is 17.9 Å². The van der Waals surface area contributed by atoms with Crippen LogP contribution < -0.4 is 10.1 Å². The maximum atomic E-state index is 11.9. The lowest BCUT2D eigenvalue weighted by Gasteiger charge is -2.09. The van der Waals surface area contributed by atoms with Crippen LogP contribution in [0.4, 0.5) is 11.4 Å². The minimum Gasteiger partial charge on any atom is -0.497 e. The highest BCUT2D eigenvalue weighted by molar-refractivity contribution is 5.93. The lowest BCUT2D eigenvalue weighted by Crippen LogP contribution is -2.18. The molecule has 0 saturated heterocycles. The monoisotopic (exact) mass is 338 g/mol. The Hall–Kier alpha value is -3.33. The van der Waals surface area contributed by atoms with E-state index in [0.717, 1.165) is 11.3 Å². The first-order valence-electron chi connectivity index (χ1n) is 7.66. The molecule has 2 rings (SSSR count). The number of ether oxygens (including phenoxy) is 1. The van der Waals surface area contributed by atoms with Crippen LogP contribution in [0.5, 0.6) is 5.75 Å². The summed E-state index contributed by atoms with van der Waals surface area (Å²) in [6.45, 7) is 3.49. The average molecular weight is 338 g/mol. The third kappa shape index (κ3) is 4.82. The summed E-state index contributed by atoms with van der Waals surface area (Å²) < 4.78 is 5.09. The van der Waals surface area contributed by atoms with E-state index in [-0.39, 0.29) is 17.5 Å². The molecule has 6 nitrogen and oxygen atoms in total. The molecule has 1 amide bonds. The smallest absolute Gasteiger partial charge is 0.271 e. The number of carbonyl (C=O) groups is 1. The highest BCUT2D eigenvalue weighted by Gasteiger charge is 2.14. The van der Waals surface area contributed by atoms with Crippen LogP contribution in [0.1, 0.15) is 25.0 Å². The van der Waals surface area contributed by atoms with Crippen molar-refractivity contribution in [2.45, 2.75) is 13.8 Å². The molecule has 0 atom stereocenters. The van der Waals surface area contributed by atoms with Crippen molar-refractivity contribution in [3.05, 3.63) is 63.7 Å². The maximum Gasteiger partial charge on any atom is 0.271 e. The summed E-state index contributed by atoms with van der Waals surface area (Å²) in [4.78, 5) is 22.4. The van der Waals surface area contributed by atoms with E-state index in [0.29, 0.717) is 11.3 Å². The van der Waals surface area contributed by atoms with Crippen molar-refractivity contribution in [1.82, 2.24) is 0 Å². The number of non-ortho nitro benzene ring substituents is 1. The Balaban J connectivity index is 2.37. The first-order chi connectivity index (χ1) is 11.9. The maximum absolute atomic E-state index is 11.9. The zero-order valence-corrected chi connectivity index (χ0v) is 14.2. The van der Waals surface area contributed by atoms with Gasteiger partial charge < -0.3 is 10.1 Å². The van der Waals surface area contributed by atoms with E-state index < -0.39 is 4.92 Å². The van der Waals surface area contributed by atoms with Gasteiger partial charge in [0.2, 0.25) is 5.91 Å². The first kappa shape index (κ1) is 18.0. The first-order valence-corrected chi connectivity index (χ1v) is 7.66. The highest BCUT2D eigenvalue weighted by Crippen LogP contribution is 2.23. The number of hydrogen-bond donors (Lipinski definition) is 1. The largest absolute Gasteiger partial charge is 0.497 e. The molecule has 0 aliphatic rings. The van der Waals surface area contributed by atoms with E-state index in [2.05, 4.69) is 17.2 Å². The zero-order chi connectivity index (χ0) is 18.4. The molecular formula is C19H18N2O4. The SMILES string of the molecule is COc1ccc(C#Cc2ccc([N+](=O)[O-])cc2NC(=O)C(C)C)cc1. The molecular weight excluding hydrogens is 320 g/mol. The van der Waals surface area contributed by atoms with Gasteiger partial charge in [-0.05, 0) is 30.3 Å². The van der Waals surface area contributed by atoms with Crippen molar-refractivity contribution in [3.8, 4) is 17.6 Å². The number of anilines is 1. The molecule has 25 heavy (non-hydrogen) atoms. The number of rotatable bonds is 4. The second-order valence-corrected chi connectivity index (χ2v) is 5.61. The molecule has 0 aliphatic carbocycles. The minimum atomic E-state index is -0.508. The Morgan fingerprint density at radius 3 is 2.40 bits per heavy atom. The fourth-order valence-corrected chi connectivity index (χ4v) is 1.95. The van der Waals surface area contributed by atoms with Crippen LogP contribution >= 0.6 is 0 Å². The van der Waals surface area contributed by atoms with Crippen molar-refractivity contribution in [2.24, 2.45) is 5.92 Å². The zero-order valence-electron chi connectivity index (χ0n) is 14.2. The number of nitro benzene ring substituents is 1. The van der Waals surface area contributed by atoms with Crippen molar-refractivity contribution in [1.29, 1.82) is 0 Å². The van der Waals surface area contributed by atoms with Gasteiger partial charge in [0, 0.05) is 29.2 Å². The third-order valence-electron chi connectivity index (χ3n) is 3.43. The van der Waals surface area contributed by atoms with E-state index in [1.165, 1.54) is 18.2 Å². The number of methoxy groups -OCH3 is 1. The van der Waals surface area contributed by atoms with Crippen LogP contribution in [0.3, 0.4) is 0 Å². The van der Waals surface area contributed by atoms with Gasteiger partial charge >= 0.3 is 0 Å². The molecule has 0 aliphatic heterocycles. The summed E-state index contributed by atoms with van der Waals surface area (Å²) in [5.74, 6) is 6.18. The molecule has 128 valence electrons. The number of nitrogens with one attached hydrogen (secondary N) is 1. The van der Waals surface area contributed by atoms with Gasteiger partial charge in [0.1, 0.15) is 5.75 Å². The van der Waals surface area contributed by atoms with Crippen LogP contribution in [0, 0.1) is 27.9 Å². The Morgan fingerprint density at radius 2 is 1.84 bits per heavy atom. The average Bonchev–Trinajstić information content (AvgIpc) is 2.60. The van der Waals surface area contributed by atoms with Gasteiger partial charge in [-0.25, -0.2) is 0 Å². The molecule has 0 heterocycles. The summed E-state index contributed by atoms with van der Waals surface area (Å²) in [7, 11) is 1.58. The van der Waals surface area contributed by atoms with Crippen molar-refractivity contribution >= 4 is 17.3 Å². The summed E-state index contributed by atoms with van der Waals surface area (Å²) in [6, 6.07) is 11.4. The number of benzene rings is 2. The van der Waals surface area contributed by atoms with Crippen LogP contribution in [0.2, 0.25) is 0 Å². The fraction of sp³-hybridized carbons (Fsp3) is 0.211. The lowest BCUT2D eigenvalue weighted by atomic mass is 10.1. The normalized spacial score (nSPS) is 9.92. The lowest BCUT2D eigenvalue weighted by molar-refractivity contribution is -0.384. The van der Waals surface area contributed by atoms with Gasteiger partial charge in [-0.1, -0.05) is 25.7 Å². The van der Waals surface area contributed by atoms with Gasteiger partial charge in [-0.15, -0.1) is 0 Å². The minimum absolute atomic E-state index is 0.103.